The average molecular weight is 171 g/mol. The van der Waals surface area contributed by atoms with Crippen molar-refractivity contribution in [2.24, 2.45) is 0 Å². The second-order valence-corrected chi connectivity index (χ2v) is 5.66. The Balaban J connectivity index is 3.09. The first-order valence-corrected chi connectivity index (χ1v) is 5.61. The topological polar surface area (TPSA) is 37.3 Å². The quantitative estimate of drug-likeness (QED) is 0.650. The van der Waals surface area contributed by atoms with Gasteiger partial charge in [0.25, 0.3) is 0 Å². The summed E-state index contributed by atoms with van der Waals surface area (Å²) in [6.45, 7) is 0. The van der Waals surface area contributed by atoms with Crippen LogP contribution in [0.5, 0.6) is 5.75 Å². The van der Waals surface area contributed by atoms with Gasteiger partial charge in [-0.1, -0.05) is 0 Å². The summed E-state index contributed by atoms with van der Waals surface area (Å²) in [7, 11) is -1.88. The molecule has 0 saturated heterocycles. The Hall–Kier alpha value is -0.830. The average Bonchev–Trinajstić information content (AvgIpc) is 1.86. The van der Waals surface area contributed by atoms with Gasteiger partial charge in [-0.3, -0.25) is 0 Å². The molecule has 0 aliphatic carbocycles. The van der Waals surface area contributed by atoms with E-state index >= 15 is 0 Å². The van der Waals surface area contributed by atoms with Gasteiger partial charge in [-0.15, -0.1) is 4.21 Å². The summed E-state index contributed by atoms with van der Waals surface area (Å²) < 4.78 is 11.4. The zero-order valence-electron chi connectivity index (χ0n) is 6.57. The van der Waals surface area contributed by atoms with E-state index in [1.807, 2.05) is 0 Å². The molecule has 0 spiro atoms. The number of rotatable bonds is 1. The van der Waals surface area contributed by atoms with Crippen LogP contribution in [0.1, 0.15) is 0 Å². The minimum atomic E-state index is -1.88. The smallest absolute Gasteiger partial charge is 0.157 e. The fourth-order valence-corrected chi connectivity index (χ4v) is 1.57. The second-order valence-electron chi connectivity index (χ2n) is 2.73. The molecule has 11 heavy (non-hydrogen) atoms. The van der Waals surface area contributed by atoms with Crippen LogP contribution >= 0.6 is 0 Å². The number of benzene rings is 1. The van der Waals surface area contributed by atoms with Crippen molar-refractivity contribution in [3.05, 3.63) is 24.3 Å². The Morgan fingerprint density at radius 1 is 1.18 bits per heavy atom. The van der Waals surface area contributed by atoms with Gasteiger partial charge in [-0.25, -0.2) is 0 Å². The molecule has 1 rings (SSSR count). The van der Waals surface area contributed by atoms with Gasteiger partial charge in [-0.2, -0.15) is 0 Å². The predicted octanol–water partition coefficient (Wildman–Crippen LogP) is 1.51. The molecule has 1 N–H and O–H groups in total. The van der Waals surface area contributed by atoms with Gasteiger partial charge in [0.15, 0.2) is 4.90 Å². The van der Waals surface area contributed by atoms with E-state index in [0.717, 1.165) is 4.90 Å². The molecule has 0 aromatic heterocycles. The highest BCUT2D eigenvalue weighted by Crippen LogP contribution is 2.17. The Labute approximate surface area is 67.3 Å². The molecule has 1 aromatic rings. The molecule has 2 nitrogen and oxygen atoms in total. The van der Waals surface area contributed by atoms with E-state index in [9.17, 15) is 4.21 Å². The van der Waals surface area contributed by atoms with E-state index in [4.69, 9.17) is 5.11 Å². The van der Waals surface area contributed by atoms with E-state index in [0.29, 0.717) is 0 Å². The fourth-order valence-electron chi connectivity index (χ4n) is 0.774. The molecule has 3 heteroatoms. The van der Waals surface area contributed by atoms with Crippen LogP contribution in [0.15, 0.2) is 29.2 Å². The minimum absolute atomic E-state index is 0.206. The van der Waals surface area contributed by atoms with Crippen LogP contribution in [0.2, 0.25) is 0 Å². The lowest BCUT2D eigenvalue weighted by atomic mass is 10.3. The van der Waals surface area contributed by atoms with Gasteiger partial charge in [-0.05, 0) is 24.3 Å². The van der Waals surface area contributed by atoms with Gasteiger partial charge in [0.1, 0.15) is 28.2 Å². The number of phenolic OH excluding ortho intramolecular Hbond substituents is 1. The molecule has 0 aliphatic heterocycles. The van der Waals surface area contributed by atoms with Gasteiger partial charge in [0.2, 0.25) is 0 Å². The molecule has 0 heterocycles. The maximum Gasteiger partial charge on any atom is 0.157 e. The van der Waals surface area contributed by atoms with E-state index in [-0.39, 0.29) is 5.75 Å². The highest BCUT2D eigenvalue weighted by molar-refractivity contribution is 8.01. The number of aromatic hydroxyl groups is 1. The van der Waals surface area contributed by atoms with Crippen molar-refractivity contribution in [3.63, 3.8) is 0 Å². The number of phenols is 1. The first-order valence-electron chi connectivity index (χ1n) is 3.23. The maximum absolute atomic E-state index is 11.4. The van der Waals surface area contributed by atoms with Crippen molar-refractivity contribution >= 4 is 9.93 Å². The van der Waals surface area contributed by atoms with Crippen molar-refractivity contribution in [2.75, 3.05) is 12.5 Å². The maximum atomic E-state index is 11.4. The molecule has 0 aliphatic rings. The van der Waals surface area contributed by atoms with Crippen molar-refractivity contribution in [1.82, 2.24) is 0 Å². The Kier molecular flexibility index (Phi) is 2.00. The first kappa shape index (κ1) is 8.27. The van der Waals surface area contributed by atoms with Crippen molar-refractivity contribution in [3.8, 4) is 5.75 Å². The third-order valence-electron chi connectivity index (χ3n) is 1.40. The third-order valence-corrected chi connectivity index (χ3v) is 2.81. The van der Waals surface area contributed by atoms with Gasteiger partial charge >= 0.3 is 0 Å². The van der Waals surface area contributed by atoms with Crippen LogP contribution in [-0.2, 0) is 14.1 Å². The normalized spacial score (nSPS) is 11.5. The van der Waals surface area contributed by atoms with Crippen molar-refractivity contribution in [1.29, 1.82) is 0 Å². The zero-order chi connectivity index (χ0) is 8.48. The molecule has 0 amide bonds. The van der Waals surface area contributed by atoms with Crippen LogP contribution in [0, 0.1) is 0 Å². The molecule has 0 saturated carbocycles. The lowest BCUT2D eigenvalue weighted by Gasteiger charge is -1.98. The van der Waals surface area contributed by atoms with Crippen LogP contribution in [0.3, 0.4) is 0 Å². The van der Waals surface area contributed by atoms with E-state index in [2.05, 4.69) is 0 Å². The summed E-state index contributed by atoms with van der Waals surface area (Å²) in [5.74, 6) is 0.206. The molecule has 0 unspecified atom stereocenters. The minimum Gasteiger partial charge on any atom is -0.508 e. The SMILES string of the molecule is C[S+](C)(=O)c1ccc(O)cc1. The van der Waals surface area contributed by atoms with Crippen LogP contribution in [0.25, 0.3) is 0 Å². The van der Waals surface area contributed by atoms with Gasteiger partial charge < -0.3 is 5.11 Å². The molecular weight excluding hydrogens is 160 g/mol. The van der Waals surface area contributed by atoms with E-state index < -0.39 is 9.93 Å². The number of hydrogen-bond acceptors (Lipinski definition) is 2. The van der Waals surface area contributed by atoms with Crippen molar-refractivity contribution in [2.45, 2.75) is 4.90 Å². The molecule has 0 radical (unpaired) electrons. The molecule has 60 valence electrons. The Morgan fingerprint density at radius 3 is 2.00 bits per heavy atom. The lowest BCUT2D eigenvalue weighted by molar-refractivity contribution is 0.475. The van der Waals surface area contributed by atoms with Gasteiger partial charge in [0.05, 0.1) is 0 Å². The largest absolute Gasteiger partial charge is 0.508 e. The molecule has 0 bridgehead atoms. The molecular formula is C8H11O2S+. The standard InChI is InChI=1S/C8H10O2S/c1-11(2,10)8-5-3-7(9)4-6-8/h3-6H,1-2H3/p+1. The van der Waals surface area contributed by atoms with Crippen LogP contribution in [-0.4, -0.2) is 17.6 Å². The highest BCUT2D eigenvalue weighted by Gasteiger charge is 2.16. The lowest BCUT2D eigenvalue weighted by Crippen LogP contribution is -2.03. The summed E-state index contributed by atoms with van der Waals surface area (Å²) in [4.78, 5) is 0.773. The van der Waals surface area contributed by atoms with Crippen molar-refractivity contribution < 1.29 is 9.32 Å². The van der Waals surface area contributed by atoms with E-state index in [1.165, 1.54) is 0 Å². The first-order chi connectivity index (χ1) is 5.00. The molecule has 1 aromatic carbocycles. The molecule has 0 atom stereocenters. The monoisotopic (exact) mass is 171 g/mol. The second kappa shape index (κ2) is 2.66. The molecule has 0 fully saturated rings. The Bertz CT molecular complexity index is 283. The summed E-state index contributed by atoms with van der Waals surface area (Å²) in [5, 5.41) is 8.93. The Morgan fingerprint density at radius 2 is 1.64 bits per heavy atom. The zero-order valence-corrected chi connectivity index (χ0v) is 7.39. The van der Waals surface area contributed by atoms with E-state index in [1.54, 1.807) is 36.8 Å². The predicted molar refractivity (Wildman–Crippen MR) is 46.3 cm³/mol. The summed E-state index contributed by atoms with van der Waals surface area (Å²) in [5.41, 5.74) is 0. The number of hydrogen-bond donors (Lipinski definition) is 1. The summed E-state index contributed by atoms with van der Waals surface area (Å²) >= 11 is 0. The fraction of sp³-hybridized carbons (Fsp3) is 0.250. The van der Waals surface area contributed by atoms with Crippen LogP contribution < -0.4 is 0 Å². The summed E-state index contributed by atoms with van der Waals surface area (Å²) in [6.07, 6.45) is 3.36. The van der Waals surface area contributed by atoms with Crippen LogP contribution in [0.4, 0.5) is 0 Å². The third kappa shape index (κ3) is 2.05. The highest BCUT2D eigenvalue weighted by atomic mass is 32.2. The summed E-state index contributed by atoms with van der Waals surface area (Å²) in [6, 6.07) is 6.44. The van der Waals surface area contributed by atoms with Gasteiger partial charge in [0, 0.05) is 0 Å².